The normalized spacial score (nSPS) is 12.4. The van der Waals surface area contributed by atoms with Crippen LogP contribution in [-0.4, -0.2) is 50.0 Å². The summed E-state index contributed by atoms with van der Waals surface area (Å²) in [5.74, 6) is -0.865. The molecule has 34 heavy (non-hydrogen) atoms. The van der Waals surface area contributed by atoms with Gasteiger partial charge in [0, 0.05) is 27.1 Å². The SMILES string of the molecule is CCC(C(=O)NC(C)C)N(Cc1ccc(Cl)cc1Cl)C(=O)CN(c1ccc(Br)cc1)S(C)(=O)=O. The summed E-state index contributed by atoms with van der Waals surface area (Å²) in [6, 6.07) is 10.5. The molecule has 2 amide bonds. The number of rotatable bonds is 10. The van der Waals surface area contributed by atoms with Gasteiger partial charge in [-0.3, -0.25) is 13.9 Å². The standard InChI is InChI=1S/C23H28BrCl2N3O4S/c1-5-21(23(31)27-15(2)3)28(13-16-6-9-18(25)12-20(16)26)22(30)14-29(34(4,32)33)19-10-7-17(24)8-11-19/h6-12,15,21H,5,13-14H2,1-4H3,(H,27,31). The first-order valence-electron chi connectivity index (χ1n) is 10.6. The molecule has 0 radical (unpaired) electrons. The van der Waals surface area contributed by atoms with Gasteiger partial charge in [-0.25, -0.2) is 8.42 Å². The minimum absolute atomic E-state index is 0.0107. The van der Waals surface area contributed by atoms with Crippen LogP contribution in [0.25, 0.3) is 0 Å². The van der Waals surface area contributed by atoms with Gasteiger partial charge in [-0.15, -0.1) is 0 Å². The molecule has 1 N–H and O–H groups in total. The third kappa shape index (κ3) is 7.86. The number of anilines is 1. The summed E-state index contributed by atoms with van der Waals surface area (Å²) in [6.07, 6.45) is 1.36. The highest BCUT2D eigenvalue weighted by atomic mass is 79.9. The van der Waals surface area contributed by atoms with Crippen molar-refractivity contribution in [1.29, 1.82) is 0 Å². The van der Waals surface area contributed by atoms with Gasteiger partial charge in [0.2, 0.25) is 21.8 Å². The fourth-order valence-corrected chi connectivity index (χ4v) is 4.94. The van der Waals surface area contributed by atoms with E-state index in [4.69, 9.17) is 23.2 Å². The van der Waals surface area contributed by atoms with Gasteiger partial charge >= 0.3 is 0 Å². The van der Waals surface area contributed by atoms with Gasteiger partial charge in [-0.05, 0) is 62.2 Å². The maximum atomic E-state index is 13.6. The van der Waals surface area contributed by atoms with E-state index in [1.807, 2.05) is 13.8 Å². The van der Waals surface area contributed by atoms with Crippen molar-refractivity contribution in [3.05, 3.63) is 62.5 Å². The zero-order valence-electron chi connectivity index (χ0n) is 19.4. The third-order valence-corrected chi connectivity index (χ3v) is 7.22. The van der Waals surface area contributed by atoms with Crippen LogP contribution in [-0.2, 0) is 26.2 Å². The smallest absolute Gasteiger partial charge is 0.244 e. The molecular formula is C23H28BrCl2N3O4S. The molecule has 7 nitrogen and oxygen atoms in total. The Morgan fingerprint density at radius 1 is 1.09 bits per heavy atom. The predicted molar refractivity (Wildman–Crippen MR) is 141 cm³/mol. The topological polar surface area (TPSA) is 86.8 Å². The zero-order chi connectivity index (χ0) is 25.6. The van der Waals surface area contributed by atoms with Crippen molar-refractivity contribution in [2.24, 2.45) is 0 Å². The lowest BCUT2D eigenvalue weighted by Crippen LogP contribution is -2.53. The molecule has 186 valence electrons. The second kappa shape index (κ2) is 12.2. The van der Waals surface area contributed by atoms with E-state index in [2.05, 4.69) is 21.2 Å². The van der Waals surface area contributed by atoms with Gasteiger partial charge in [-0.2, -0.15) is 0 Å². The van der Waals surface area contributed by atoms with Crippen LogP contribution >= 0.6 is 39.1 Å². The van der Waals surface area contributed by atoms with E-state index >= 15 is 0 Å². The van der Waals surface area contributed by atoms with Crippen LogP contribution in [0.2, 0.25) is 10.0 Å². The summed E-state index contributed by atoms with van der Waals surface area (Å²) in [5, 5.41) is 3.62. The Bertz CT molecular complexity index is 1130. The van der Waals surface area contributed by atoms with Crippen molar-refractivity contribution >= 4 is 66.7 Å². The second-order valence-corrected chi connectivity index (χ2v) is 11.8. The molecule has 0 aliphatic carbocycles. The molecule has 0 spiro atoms. The van der Waals surface area contributed by atoms with Crippen molar-refractivity contribution in [2.45, 2.75) is 45.8 Å². The molecule has 0 saturated heterocycles. The van der Waals surface area contributed by atoms with Crippen LogP contribution in [0, 0.1) is 0 Å². The zero-order valence-corrected chi connectivity index (χ0v) is 23.3. The quantitative estimate of drug-likeness (QED) is 0.427. The van der Waals surface area contributed by atoms with E-state index in [1.165, 1.54) is 4.90 Å². The molecule has 0 fully saturated rings. The summed E-state index contributed by atoms with van der Waals surface area (Å²) >= 11 is 15.7. The maximum absolute atomic E-state index is 13.6. The molecule has 11 heteroatoms. The largest absolute Gasteiger partial charge is 0.352 e. The predicted octanol–water partition coefficient (Wildman–Crippen LogP) is 4.85. The van der Waals surface area contributed by atoms with Crippen LogP contribution in [0.3, 0.4) is 0 Å². The van der Waals surface area contributed by atoms with E-state index < -0.39 is 28.5 Å². The Labute approximate surface area is 219 Å². The number of hydrogen-bond donors (Lipinski definition) is 1. The van der Waals surface area contributed by atoms with Crippen LogP contribution < -0.4 is 9.62 Å². The van der Waals surface area contributed by atoms with E-state index in [9.17, 15) is 18.0 Å². The molecule has 0 heterocycles. The molecule has 0 saturated carbocycles. The number of sulfonamides is 1. The first-order chi connectivity index (χ1) is 15.8. The van der Waals surface area contributed by atoms with E-state index in [1.54, 1.807) is 49.4 Å². The number of nitrogens with one attached hydrogen (secondary N) is 1. The molecule has 1 atom stereocenters. The van der Waals surface area contributed by atoms with Crippen molar-refractivity contribution in [2.75, 3.05) is 17.1 Å². The highest BCUT2D eigenvalue weighted by molar-refractivity contribution is 9.10. The Morgan fingerprint density at radius 3 is 2.21 bits per heavy atom. The number of hydrogen-bond acceptors (Lipinski definition) is 4. The first-order valence-corrected chi connectivity index (χ1v) is 14.0. The molecule has 2 rings (SSSR count). The summed E-state index contributed by atoms with van der Waals surface area (Å²) in [7, 11) is -3.79. The monoisotopic (exact) mass is 591 g/mol. The average Bonchev–Trinajstić information content (AvgIpc) is 2.72. The lowest BCUT2D eigenvalue weighted by atomic mass is 10.1. The third-order valence-electron chi connectivity index (χ3n) is 4.97. The fraction of sp³-hybridized carbons (Fsp3) is 0.391. The summed E-state index contributed by atoms with van der Waals surface area (Å²) < 4.78 is 26.9. The van der Waals surface area contributed by atoms with Crippen LogP contribution in [0.5, 0.6) is 0 Å². The Kier molecular flexibility index (Phi) is 10.2. The number of benzene rings is 2. The highest BCUT2D eigenvalue weighted by Crippen LogP contribution is 2.25. The Balaban J connectivity index is 2.46. The molecule has 0 aliphatic rings. The second-order valence-electron chi connectivity index (χ2n) is 8.09. The molecule has 0 aromatic heterocycles. The van der Waals surface area contributed by atoms with Crippen LogP contribution in [0.15, 0.2) is 46.9 Å². The molecule has 1 unspecified atom stereocenters. The maximum Gasteiger partial charge on any atom is 0.244 e. The summed E-state index contributed by atoms with van der Waals surface area (Å²) in [5.41, 5.74) is 0.924. The van der Waals surface area contributed by atoms with Gasteiger partial charge in [0.25, 0.3) is 0 Å². The van der Waals surface area contributed by atoms with Crippen LogP contribution in [0.4, 0.5) is 5.69 Å². The number of nitrogens with zero attached hydrogens (tertiary/aromatic N) is 2. The first kappa shape index (κ1) is 28.4. The Morgan fingerprint density at radius 2 is 1.71 bits per heavy atom. The van der Waals surface area contributed by atoms with Crippen molar-refractivity contribution in [3.63, 3.8) is 0 Å². The molecular weight excluding hydrogens is 565 g/mol. The fourth-order valence-electron chi connectivity index (χ4n) is 3.35. The number of carbonyl (C=O) groups excluding carboxylic acids is 2. The molecule has 0 bridgehead atoms. The number of amides is 2. The van der Waals surface area contributed by atoms with Gasteiger partial charge in [0.05, 0.1) is 11.9 Å². The van der Waals surface area contributed by atoms with Crippen molar-refractivity contribution in [1.82, 2.24) is 10.2 Å². The van der Waals surface area contributed by atoms with E-state index in [0.717, 1.165) is 15.0 Å². The number of carbonyl (C=O) groups is 2. The minimum atomic E-state index is -3.79. The minimum Gasteiger partial charge on any atom is -0.352 e. The average molecular weight is 593 g/mol. The summed E-state index contributed by atoms with van der Waals surface area (Å²) in [6.45, 7) is 4.98. The Hall–Kier alpha value is -1.81. The van der Waals surface area contributed by atoms with Gasteiger partial charge in [-0.1, -0.05) is 52.1 Å². The van der Waals surface area contributed by atoms with Gasteiger partial charge in [0.15, 0.2) is 0 Å². The number of halogens is 3. The van der Waals surface area contributed by atoms with Crippen molar-refractivity contribution < 1.29 is 18.0 Å². The summed E-state index contributed by atoms with van der Waals surface area (Å²) in [4.78, 5) is 27.9. The van der Waals surface area contributed by atoms with Crippen LogP contribution in [0.1, 0.15) is 32.8 Å². The highest BCUT2D eigenvalue weighted by Gasteiger charge is 2.32. The molecule has 2 aromatic rings. The van der Waals surface area contributed by atoms with Crippen molar-refractivity contribution in [3.8, 4) is 0 Å². The lowest BCUT2D eigenvalue weighted by molar-refractivity contribution is -0.140. The lowest BCUT2D eigenvalue weighted by Gasteiger charge is -2.33. The van der Waals surface area contributed by atoms with Gasteiger partial charge in [0.1, 0.15) is 12.6 Å². The molecule has 2 aromatic carbocycles. The van der Waals surface area contributed by atoms with Gasteiger partial charge < -0.3 is 10.2 Å². The van der Waals surface area contributed by atoms with E-state index in [-0.39, 0.29) is 18.5 Å². The molecule has 0 aliphatic heterocycles. The van der Waals surface area contributed by atoms with E-state index in [0.29, 0.717) is 27.7 Å².